The third kappa shape index (κ3) is 3.01. The van der Waals surface area contributed by atoms with Crippen molar-refractivity contribution in [2.24, 2.45) is 23.5 Å². The van der Waals surface area contributed by atoms with Crippen molar-refractivity contribution in [2.45, 2.75) is 52.0 Å². The van der Waals surface area contributed by atoms with Gasteiger partial charge in [0, 0.05) is 25.0 Å². The first-order chi connectivity index (χ1) is 8.08. The zero-order valence-electron chi connectivity index (χ0n) is 11.2. The van der Waals surface area contributed by atoms with E-state index in [-0.39, 0.29) is 12.0 Å². The van der Waals surface area contributed by atoms with Crippen molar-refractivity contribution in [1.82, 2.24) is 4.90 Å². The highest BCUT2D eigenvalue weighted by Crippen LogP contribution is 2.29. The van der Waals surface area contributed by atoms with Crippen LogP contribution >= 0.6 is 0 Å². The van der Waals surface area contributed by atoms with E-state index < -0.39 is 0 Å². The summed E-state index contributed by atoms with van der Waals surface area (Å²) < 4.78 is 0. The second-order valence-electron chi connectivity index (χ2n) is 6.20. The molecule has 1 amide bonds. The Morgan fingerprint density at radius 2 is 2.06 bits per heavy atom. The molecule has 2 rings (SSSR count). The molecule has 3 atom stereocenters. The van der Waals surface area contributed by atoms with Gasteiger partial charge in [-0.05, 0) is 37.5 Å². The lowest BCUT2D eigenvalue weighted by molar-refractivity contribution is -0.135. The summed E-state index contributed by atoms with van der Waals surface area (Å²) in [6.07, 6.45) is 5.36. The average Bonchev–Trinajstić information content (AvgIpc) is 2.77. The molecule has 98 valence electrons. The van der Waals surface area contributed by atoms with E-state index in [1.54, 1.807) is 0 Å². The van der Waals surface area contributed by atoms with E-state index in [1.165, 1.54) is 6.42 Å². The van der Waals surface area contributed by atoms with E-state index in [0.29, 0.717) is 17.7 Å². The molecule has 0 spiro atoms. The van der Waals surface area contributed by atoms with Crippen LogP contribution in [0.2, 0.25) is 0 Å². The van der Waals surface area contributed by atoms with Crippen molar-refractivity contribution in [3.8, 4) is 0 Å². The molecule has 0 aromatic heterocycles. The van der Waals surface area contributed by atoms with Gasteiger partial charge in [0.1, 0.15) is 0 Å². The van der Waals surface area contributed by atoms with Gasteiger partial charge in [0.25, 0.3) is 0 Å². The molecular formula is C14H26N2O. The number of nitrogens with zero attached hydrogens (tertiary/aromatic N) is 1. The molecule has 1 saturated heterocycles. The summed E-state index contributed by atoms with van der Waals surface area (Å²) >= 11 is 0. The quantitative estimate of drug-likeness (QED) is 0.800. The van der Waals surface area contributed by atoms with Crippen molar-refractivity contribution in [3.63, 3.8) is 0 Å². The fourth-order valence-electron chi connectivity index (χ4n) is 3.24. The van der Waals surface area contributed by atoms with Gasteiger partial charge < -0.3 is 10.6 Å². The fourth-order valence-corrected chi connectivity index (χ4v) is 3.24. The third-order valence-electron chi connectivity index (χ3n) is 4.54. The maximum absolute atomic E-state index is 12.4. The Morgan fingerprint density at radius 3 is 2.65 bits per heavy atom. The standard InChI is InChI=1S/C14H26N2O/c1-10(2)12-6-7-16(9-12)14(17)11-4-3-5-13(15)8-11/h10-13H,3-9,15H2,1-2H3. The van der Waals surface area contributed by atoms with E-state index in [9.17, 15) is 4.79 Å². The number of amides is 1. The molecule has 0 aromatic rings. The lowest BCUT2D eigenvalue weighted by Crippen LogP contribution is -2.39. The van der Waals surface area contributed by atoms with Crippen molar-refractivity contribution in [3.05, 3.63) is 0 Å². The SMILES string of the molecule is CC(C)C1CCN(C(=O)C2CCCC(N)C2)C1. The summed E-state index contributed by atoms with van der Waals surface area (Å²) in [7, 11) is 0. The molecule has 1 aliphatic carbocycles. The largest absolute Gasteiger partial charge is 0.342 e. The maximum atomic E-state index is 12.4. The van der Waals surface area contributed by atoms with Crippen LogP contribution in [-0.2, 0) is 4.79 Å². The van der Waals surface area contributed by atoms with E-state index in [4.69, 9.17) is 5.73 Å². The van der Waals surface area contributed by atoms with Crippen LogP contribution in [0.25, 0.3) is 0 Å². The highest BCUT2D eigenvalue weighted by Gasteiger charge is 2.33. The van der Waals surface area contributed by atoms with Crippen molar-refractivity contribution < 1.29 is 4.79 Å². The summed E-state index contributed by atoms with van der Waals surface area (Å²) in [5.41, 5.74) is 5.97. The molecule has 2 aliphatic rings. The number of hydrogen-bond acceptors (Lipinski definition) is 2. The van der Waals surface area contributed by atoms with Crippen LogP contribution < -0.4 is 5.73 Å². The lowest BCUT2D eigenvalue weighted by Gasteiger charge is -2.29. The summed E-state index contributed by atoms with van der Waals surface area (Å²) in [6.45, 7) is 6.46. The first kappa shape index (κ1) is 12.9. The highest BCUT2D eigenvalue weighted by molar-refractivity contribution is 5.79. The summed E-state index contributed by atoms with van der Waals surface area (Å²) in [5, 5.41) is 0. The predicted molar refractivity (Wildman–Crippen MR) is 69.5 cm³/mol. The molecule has 1 saturated carbocycles. The Kier molecular flexibility index (Phi) is 4.08. The Balaban J connectivity index is 1.88. The molecule has 0 bridgehead atoms. The van der Waals surface area contributed by atoms with Crippen LogP contribution in [0.4, 0.5) is 0 Å². The zero-order chi connectivity index (χ0) is 12.4. The van der Waals surface area contributed by atoms with E-state index in [2.05, 4.69) is 18.7 Å². The van der Waals surface area contributed by atoms with Gasteiger partial charge in [0.15, 0.2) is 0 Å². The topological polar surface area (TPSA) is 46.3 Å². The Bertz CT molecular complexity index is 277. The predicted octanol–water partition coefficient (Wildman–Crippen LogP) is 2.01. The van der Waals surface area contributed by atoms with Crippen LogP contribution in [0, 0.1) is 17.8 Å². The van der Waals surface area contributed by atoms with Gasteiger partial charge in [-0.15, -0.1) is 0 Å². The number of nitrogens with two attached hydrogens (primary N) is 1. The van der Waals surface area contributed by atoms with E-state index >= 15 is 0 Å². The monoisotopic (exact) mass is 238 g/mol. The van der Waals surface area contributed by atoms with E-state index in [0.717, 1.165) is 38.8 Å². The maximum Gasteiger partial charge on any atom is 0.225 e. The third-order valence-corrected chi connectivity index (χ3v) is 4.54. The minimum atomic E-state index is 0.213. The molecule has 1 heterocycles. The van der Waals surface area contributed by atoms with Gasteiger partial charge in [0.05, 0.1) is 0 Å². The molecule has 0 aromatic carbocycles. The first-order valence-electron chi connectivity index (χ1n) is 7.12. The Hall–Kier alpha value is -0.570. The van der Waals surface area contributed by atoms with Gasteiger partial charge in [-0.1, -0.05) is 20.3 Å². The van der Waals surface area contributed by atoms with E-state index in [1.807, 2.05) is 0 Å². The second-order valence-corrected chi connectivity index (χ2v) is 6.20. The summed E-state index contributed by atoms with van der Waals surface area (Å²) in [6, 6.07) is 0.251. The number of likely N-dealkylation sites (tertiary alicyclic amines) is 1. The normalized spacial score (nSPS) is 34.4. The zero-order valence-corrected chi connectivity index (χ0v) is 11.2. The fraction of sp³-hybridized carbons (Fsp3) is 0.929. The van der Waals surface area contributed by atoms with Crippen LogP contribution in [-0.4, -0.2) is 29.9 Å². The van der Waals surface area contributed by atoms with Crippen molar-refractivity contribution in [2.75, 3.05) is 13.1 Å². The second kappa shape index (κ2) is 5.38. The molecular weight excluding hydrogens is 212 g/mol. The average molecular weight is 238 g/mol. The van der Waals surface area contributed by atoms with Gasteiger partial charge >= 0.3 is 0 Å². The lowest BCUT2D eigenvalue weighted by atomic mass is 9.85. The minimum absolute atomic E-state index is 0.213. The summed E-state index contributed by atoms with van der Waals surface area (Å²) in [4.78, 5) is 14.5. The molecule has 3 unspecified atom stereocenters. The van der Waals surface area contributed by atoms with Gasteiger partial charge in [-0.25, -0.2) is 0 Å². The van der Waals surface area contributed by atoms with Gasteiger partial charge in [0.2, 0.25) is 5.91 Å². The first-order valence-corrected chi connectivity index (χ1v) is 7.12. The molecule has 3 nitrogen and oxygen atoms in total. The Morgan fingerprint density at radius 1 is 1.29 bits per heavy atom. The molecule has 3 heteroatoms. The van der Waals surface area contributed by atoms with Gasteiger partial charge in [-0.2, -0.15) is 0 Å². The number of hydrogen-bond donors (Lipinski definition) is 1. The molecule has 0 radical (unpaired) electrons. The minimum Gasteiger partial charge on any atom is -0.342 e. The Labute approximate surface area is 105 Å². The number of carbonyl (C=O) groups excluding carboxylic acids is 1. The molecule has 2 fully saturated rings. The molecule has 17 heavy (non-hydrogen) atoms. The highest BCUT2D eigenvalue weighted by atomic mass is 16.2. The van der Waals surface area contributed by atoms with Crippen LogP contribution in [0.3, 0.4) is 0 Å². The number of rotatable bonds is 2. The van der Waals surface area contributed by atoms with Crippen LogP contribution in [0.15, 0.2) is 0 Å². The van der Waals surface area contributed by atoms with Crippen LogP contribution in [0.1, 0.15) is 46.0 Å². The van der Waals surface area contributed by atoms with Gasteiger partial charge in [-0.3, -0.25) is 4.79 Å². The van der Waals surface area contributed by atoms with Crippen molar-refractivity contribution in [1.29, 1.82) is 0 Å². The molecule has 2 N–H and O–H groups in total. The number of carbonyl (C=O) groups is 1. The smallest absolute Gasteiger partial charge is 0.225 e. The van der Waals surface area contributed by atoms with Crippen LogP contribution in [0.5, 0.6) is 0 Å². The van der Waals surface area contributed by atoms with Crippen molar-refractivity contribution >= 4 is 5.91 Å². The molecule has 1 aliphatic heterocycles. The summed E-state index contributed by atoms with van der Waals surface area (Å²) in [5.74, 6) is 1.99.